The van der Waals surface area contributed by atoms with Crippen molar-refractivity contribution in [3.8, 4) is 0 Å². The molecule has 2 aliphatic rings. The Bertz CT molecular complexity index is 252. The average Bonchev–Trinajstić information content (AvgIpc) is 2.89. The van der Waals surface area contributed by atoms with Crippen LogP contribution in [0.4, 0.5) is 0 Å². The molecule has 2 rings (SSSR count). The minimum Gasteiger partial charge on any atom is -0.330 e. The molecule has 0 bridgehead atoms. The number of amides is 1. The van der Waals surface area contributed by atoms with Crippen LogP contribution in [0.25, 0.3) is 0 Å². The summed E-state index contributed by atoms with van der Waals surface area (Å²) in [4.78, 5) is 17.5. The number of rotatable bonds is 4. The molecule has 17 heavy (non-hydrogen) atoms. The summed E-state index contributed by atoms with van der Waals surface area (Å²) in [7, 11) is 0. The van der Waals surface area contributed by atoms with Gasteiger partial charge in [-0.05, 0) is 38.1 Å². The number of hydrogen-bond acceptors (Lipinski definition) is 3. The van der Waals surface area contributed by atoms with Crippen LogP contribution in [0.15, 0.2) is 0 Å². The van der Waals surface area contributed by atoms with Gasteiger partial charge in [0.25, 0.3) is 0 Å². The lowest BCUT2D eigenvalue weighted by molar-refractivity contribution is -0.145. The standard InChI is InChI=1S/C13H24N2O2/c14-9-10-5-1-4-8-12(10)13(16)15-17-11-6-2-3-7-11/h10-12H,1-9,14H2,(H,15,16). The van der Waals surface area contributed by atoms with Crippen LogP contribution >= 0.6 is 0 Å². The van der Waals surface area contributed by atoms with E-state index in [4.69, 9.17) is 10.6 Å². The summed E-state index contributed by atoms with van der Waals surface area (Å²) in [6, 6.07) is 0. The molecule has 0 spiro atoms. The first-order valence-corrected chi connectivity index (χ1v) is 6.97. The van der Waals surface area contributed by atoms with Gasteiger partial charge in [0, 0.05) is 5.92 Å². The van der Waals surface area contributed by atoms with Gasteiger partial charge in [-0.25, -0.2) is 5.48 Å². The maximum absolute atomic E-state index is 12.0. The first kappa shape index (κ1) is 12.8. The molecule has 1 amide bonds. The zero-order valence-electron chi connectivity index (χ0n) is 10.5. The van der Waals surface area contributed by atoms with Crippen molar-refractivity contribution in [2.45, 2.75) is 57.5 Å². The van der Waals surface area contributed by atoms with Crippen molar-refractivity contribution < 1.29 is 9.63 Å². The van der Waals surface area contributed by atoms with Crippen molar-refractivity contribution in [2.24, 2.45) is 17.6 Å². The second-order valence-corrected chi connectivity index (χ2v) is 5.38. The van der Waals surface area contributed by atoms with Crippen LogP contribution in [0.3, 0.4) is 0 Å². The maximum atomic E-state index is 12.0. The van der Waals surface area contributed by atoms with Crippen LogP contribution in [-0.4, -0.2) is 18.6 Å². The SMILES string of the molecule is NCC1CCCCC1C(=O)NOC1CCCC1. The molecule has 2 saturated carbocycles. The highest BCUT2D eigenvalue weighted by molar-refractivity contribution is 5.78. The van der Waals surface area contributed by atoms with Gasteiger partial charge in [-0.2, -0.15) is 0 Å². The minimum atomic E-state index is 0.0482. The van der Waals surface area contributed by atoms with Crippen LogP contribution in [-0.2, 0) is 9.63 Å². The molecule has 3 N–H and O–H groups in total. The van der Waals surface area contributed by atoms with Crippen molar-refractivity contribution in [2.75, 3.05) is 6.54 Å². The second kappa shape index (κ2) is 6.36. The molecule has 0 heterocycles. The molecule has 0 aromatic rings. The summed E-state index contributed by atoms with van der Waals surface area (Å²) < 4.78 is 0. The van der Waals surface area contributed by atoms with Crippen LogP contribution in [0.2, 0.25) is 0 Å². The molecule has 2 unspecified atom stereocenters. The second-order valence-electron chi connectivity index (χ2n) is 5.38. The van der Waals surface area contributed by atoms with Crippen molar-refractivity contribution in [3.63, 3.8) is 0 Å². The summed E-state index contributed by atoms with van der Waals surface area (Å²) in [5.41, 5.74) is 8.39. The first-order chi connectivity index (χ1) is 8.31. The van der Waals surface area contributed by atoms with E-state index in [1.807, 2.05) is 0 Å². The van der Waals surface area contributed by atoms with Crippen molar-refractivity contribution in [1.82, 2.24) is 5.48 Å². The smallest absolute Gasteiger partial charge is 0.246 e. The predicted octanol–water partition coefficient (Wildman–Crippen LogP) is 1.74. The number of carbonyl (C=O) groups excluding carboxylic acids is 1. The predicted molar refractivity (Wildman–Crippen MR) is 66.0 cm³/mol. The van der Waals surface area contributed by atoms with E-state index < -0.39 is 0 Å². The van der Waals surface area contributed by atoms with Crippen LogP contribution in [0, 0.1) is 11.8 Å². The Morgan fingerprint density at radius 3 is 2.47 bits per heavy atom. The highest BCUT2D eigenvalue weighted by atomic mass is 16.7. The molecule has 0 aromatic heterocycles. The molecule has 4 nitrogen and oxygen atoms in total. The van der Waals surface area contributed by atoms with E-state index in [0.29, 0.717) is 12.5 Å². The number of nitrogens with one attached hydrogen (secondary N) is 1. The van der Waals surface area contributed by atoms with E-state index in [1.54, 1.807) is 0 Å². The Morgan fingerprint density at radius 1 is 1.12 bits per heavy atom. The molecule has 4 heteroatoms. The maximum Gasteiger partial charge on any atom is 0.246 e. The number of hydroxylamine groups is 1. The van der Waals surface area contributed by atoms with E-state index in [2.05, 4.69) is 5.48 Å². The largest absolute Gasteiger partial charge is 0.330 e. The lowest BCUT2D eigenvalue weighted by atomic mass is 9.79. The van der Waals surface area contributed by atoms with Crippen LogP contribution in [0.1, 0.15) is 51.4 Å². The van der Waals surface area contributed by atoms with E-state index in [-0.39, 0.29) is 17.9 Å². The summed E-state index contributed by atoms with van der Waals surface area (Å²) in [5, 5.41) is 0. The lowest BCUT2D eigenvalue weighted by Crippen LogP contribution is -2.40. The zero-order chi connectivity index (χ0) is 12.1. The van der Waals surface area contributed by atoms with Crippen LogP contribution in [0.5, 0.6) is 0 Å². The molecule has 2 atom stereocenters. The summed E-state index contributed by atoms with van der Waals surface area (Å²) in [6.07, 6.45) is 9.20. The Morgan fingerprint density at radius 2 is 1.76 bits per heavy atom. The fraction of sp³-hybridized carbons (Fsp3) is 0.923. The topological polar surface area (TPSA) is 64.4 Å². The molecule has 2 fully saturated rings. The van der Waals surface area contributed by atoms with Crippen molar-refractivity contribution >= 4 is 5.91 Å². The quantitative estimate of drug-likeness (QED) is 0.736. The van der Waals surface area contributed by atoms with Gasteiger partial charge in [0.05, 0.1) is 6.10 Å². The first-order valence-electron chi connectivity index (χ1n) is 6.97. The van der Waals surface area contributed by atoms with Crippen molar-refractivity contribution in [3.05, 3.63) is 0 Å². The van der Waals surface area contributed by atoms with Gasteiger partial charge in [-0.3, -0.25) is 9.63 Å². The summed E-state index contributed by atoms with van der Waals surface area (Å²) in [5.74, 6) is 0.457. The third-order valence-electron chi connectivity index (χ3n) is 4.18. The number of carbonyl (C=O) groups is 1. The highest BCUT2D eigenvalue weighted by Crippen LogP contribution is 2.29. The van der Waals surface area contributed by atoms with Crippen LogP contribution < -0.4 is 11.2 Å². The molecule has 0 saturated heterocycles. The van der Waals surface area contributed by atoms with Gasteiger partial charge in [-0.15, -0.1) is 0 Å². The van der Waals surface area contributed by atoms with E-state index in [9.17, 15) is 4.79 Å². The molecular formula is C13H24N2O2. The Balaban J connectivity index is 1.76. The summed E-state index contributed by atoms with van der Waals surface area (Å²) >= 11 is 0. The Labute approximate surface area is 103 Å². The third kappa shape index (κ3) is 3.42. The van der Waals surface area contributed by atoms with Gasteiger partial charge in [0.1, 0.15) is 0 Å². The third-order valence-corrected chi connectivity index (χ3v) is 4.18. The van der Waals surface area contributed by atoms with Gasteiger partial charge in [0.2, 0.25) is 5.91 Å². The Kier molecular flexibility index (Phi) is 4.80. The minimum absolute atomic E-state index is 0.0482. The van der Waals surface area contributed by atoms with E-state index in [0.717, 1.165) is 32.1 Å². The number of hydrogen-bond donors (Lipinski definition) is 2. The molecule has 98 valence electrons. The Hall–Kier alpha value is -0.610. The van der Waals surface area contributed by atoms with Crippen molar-refractivity contribution in [1.29, 1.82) is 0 Å². The van der Waals surface area contributed by atoms with Gasteiger partial charge in [0.15, 0.2) is 0 Å². The van der Waals surface area contributed by atoms with E-state index >= 15 is 0 Å². The monoisotopic (exact) mass is 240 g/mol. The average molecular weight is 240 g/mol. The molecule has 0 aliphatic heterocycles. The fourth-order valence-electron chi connectivity index (χ4n) is 3.06. The molecule has 0 aromatic carbocycles. The molecule has 2 aliphatic carbocycles. The van der Waals surface area contributed by atoms with Gasteiger partial charge >= 0.3 is 0 Å². The summed E-state index contributed by atoms with van der Waals surface area (Å²) in [6.45, 7) is 0.613. The van der Waals surface area contributed by atoms with E-state index in [1.165, 1.54) is 19.3 Å². The highest BCUT2D eigenvalue weighted by Gasteiger charge is 2.30. The number of nitrogens with two attached hydrogens (primary N) is 1. The van der Waals surface area contributed by atoms with Gasteiger partial charge in [-0.1, -0.05) is 25.7 Å². The van der Waals surface area contributed by atoms with Gasteiger partial charge < -0.3 is 5.73 Å². The normalized spacial score (nSPS) is 30.4. The zero-order valence-corrected chi connectivity index (χ0v) is 10.5. The lowest BCUT2D eigenvalue weighted by Gasteiger charge is -2.29. The fourth-order valence-corrected chi connectivity index (χ4v) is 3.06. The molecule has 0 radical (unpaired) electrons. The molecular weight excluding hydrogens is 216 g/mol.